The molecule has 4 nitrogen and oxygen atoms in total. The summed E-state index contributed by atoms with van der Waals surface area (Å²) in [7, 11) is 3.38. The second kappa shape index (κ2) is 6.33. The number of methoxy groups -OCH3 is 1. The van der Waals surface area contributed by atoms with Crippen LogP contribution in [0.1, 0.15) is 5.69 Å². The van der Waals surface area contributed by atoms with Crippen LogP contribution in [0.3, 0.4) is 0 Å². The molecule has 0 aliphatic heterocycles. The van der Waals surface area contributed by atoms with Gasteiger partial charge in [-0.1, -0.05) is 6.07 Å². The highest BCUT2D eigenvalue weighted by molar-refractivity contribution is 7.98. The van der Waals surface area contributed by atoms with Gasteiger partial charge in [0.2, 0.25) is 0 Å². The highest BCUT2D eigenvalue weighted by atomic mass is 32.2. The van der Waals surface area contributed by atoms with Crippen molar-refractivity contribution < 1.29 is 4.74 Å². The van der Waals surface area contributed by atoms with E-state index in [0.29, 0.717) is 0 Å². The van der Waals surface area contributed by atoms with Crippen LogP contribution in [-0.4, -0.2) is 36.6 Å². The van der Waals surface area contributed by atoms with E-state index in [-0.39, 0.29) is 0 Å². The minimum atomic E-state index is 0.783. The smallest absolute Gasteiger partial charge is 0.136 e. The third kappa shape index (κ3) is 2.93. The van der Waals surface area contributed by atoms with E-state index < -0.39 is 0 Å². The van der Waals surface area contributed by atoms with Gasteiger partial charge in [-0.2, -0.15) is 0 Å². The largest absolute Gasteiger partial charge is 0.495 e. The number of rotatable bonds is 4. The molecule has 0 bridgehead atoms. The summed E-state index contributed by atoms with van der Waals surface area (Å²) in [4.78, 5) is 13.9. The Hall–Kier alpha value is -1.88. The molecule has 2 rings (SSSR count). The van der Waals surface area contributed by atoms with Crippen LogP contribution in [0.25, 0.3) is 11.4 Å². The normalized spacial score (nSPS) is 10.9. The third-order valence-corrected chi connectivity index (χ3v) is 3.39. The van der Waals surface area contributed by atoms with Gasteiger partial charge in [0.15, 0.2) is 0 Å². The summed E-state index contributed by atoms with van der Waals surface area (Å²) in [5, 5.41) is 0. The Morgan fingerprint density at radius 3 is 2.74 bits per heavy atom. The predicted octanol–water partition coefficient (Wildman–Crippen LogP) is 2.92. The first-order valence-corrected chi connectivity index (χ1v) is 6.99. The van der Waals surface area contributed by atoms with Crippen LogP contribution >= 0.6 is 11.8 Å². The molecule has 0 spiro atoms. The van der Waals surface area contributed by atoms with Crippen LogP contribution in [0.5, 0.6) is 5.75 Å². The molecule has 0 saturated carbocycles. The zero-order valence-corrected chi connectivity index (χ0v) is 11.9. The van der Waals surface area contributed by atoms with E-state index in [9.17, 15) is 0 Å². The standard InChI is InChI=1S/C14H15N3OS/c1-15-9-12-14(19-3)13(18-2)8-11(17-12)10-6-4-5-7-16-10/h4-9H,1-3H3/b15-9+. The average Bonchev–Trinajstić information content (AvgIpc) is 2.47. The molecule has 2 aromatic heterocycles. The first-order valence-electron chi connectivity index (χ1n) is 5.76. The molecule has 0 N–H and O–H groups in total. The van der Waals surface area contributed by atoms with E-state index in [0.717, 1.165) is 27.7 Å². The fourth-order valence-corrected chi connectivity index (χ4v) is 2.39. The van der Waals surface area contributed by atoms with Crippen molar-refractivity contribution in [1.29, 1.82) is 0 Å². The number of hydrogen-bond donors (Lipinski definition) is 0. The number of hydrogen-bond acceptors (Lipinski definition) is 5. The minimum Gasteiger partial charge on any atom is -0.495 e. The first kappa shape index (κ1) is 13.5. The van der Waals surface area contributed by atoms with Gasteiger partial charge in [-0.25, -0.2) is 4.98 Å². The summed E-state index contributed by atoms with van der Waals surface area (Å²) in [6, 6.07) is 7.65. The van der Waals surface area contributed by atoms with Crippen molar-refractivity contribution in [2.75, 3.05) is 20.4 Å². The molecule has 0 fully saturated rings. The Kier molecular flexibility index (Phi) is 4.52. The van der Waals surface area contributed by atoms with Crippen LogP contribution in [-0.2, 0) is 0 Å². The van der Waals surface area contributed by atoms with Crippen LogP contribution in [0.15, 0.2) is 40.4 Å². The van der Waals surface area contributed by atoms with Gasteiger partial charge in [-0.05, 0) is 18.4 Å². The molecule has 0 aromatic carbocycles. The van der Waals surface area contributed by atoms with E-state index >= 15 is 0 Å². The molecule has 2 aromatic rings. The van der Waals surface area contributed by atoms with Crippen molar-refractivity contribution in [3.63, 3.8) is 0 Å². The zero-order valence-electron chi connectivity index (χ0n) is 11.1. The van der Waals surface area contributed by atoms with E-state index in [2.05, 4.69) is 15.0 Å². The lowest BCUT2D eigenvalue weighted by molar-refractivity contribution is 0.404. The summed E-state index contributed by atoms with van der Waals surface area (Å²) in [5.74, 6) is 0.790. The van der Waals surface area contributed by atoms with E-state index in [1.54, 1.807) is 38.3 Å². The SMILES string of the molecule is C/N=C/c1nc(-c2ccccn2)cc(OC)c1SC. The maximum atomic E-state index is 5.44. The maximum Gasteiger partial charge on any atom is 0.136 e. The number of aromatic nitrogens is 2. The van der Waals surface area contributed by atoms with Gasteiger partial charge < -0.3 is 4.74 Å². The van der Waals surface area contributed by atoms with Gasteiger partial charge in [0.25, 0.3) is 0 Å². The van der Waals surface area contributed by atoms with Gasteiger partial charge in [-0.3, -0.25) is 9.98 Å². The van der Waals surface area contributed by atoms with Gasteiger partial charge in [0.05, 0.1) is 29.1 Å². The Bertz CT molecular complexity index is 585. The topological polar surface area (TPSA) is 47.4 Å². The summed E-state index contributed by atoms with van der Waals surface area (Å²) in [5.41, 5.74) is 2.40. The molecule has 5 heteroatoms. The second-order valence-electron chi connectivity index (χ2n) is 3.73. The Labute approximate surface area is 117 Å². The zero-order chi connectivity index (χ0) is 13.7. The molecule has 0 saturated heterocycles. The quantitative estimate of drug-likeness (QED) is 0.635. The fourth-order valence-electron chi connectivity index (χ4n) is 1.74. The second-order valence-corrected chi connectivity index (χ2v) is 4.55. The molecular weight excluding hydrogens is 258 g/mol. The van der Waals surface area contributed by atoms with Crippen molar-refractivity contribution >= 4 is 18.0 Å². The van der Waals surface area contributed by atoms with Crippen LogP contribution < -0.4 is 4.74 Å². The van der Waals surface area contributed by atoms with Crippen LogP contribution in [0.4, 0.5) is 0 Å². The fraction of sp³-hybridized carbons (Fsp3) is 0.214. The van der Waals surface area contributed by atoms with E-state index in [4.69, 9.17) is 4.74 Å². The Balaban J connectivity index is 2.61. The van der Waals surface area contributed by atoms with E-state index in [1.807, 2.05) is 30.5 Å². The van der Waals surface area contributed by atoms with Crippen molar-refractivity contribution in [3.05, 3.63) is 36.2 Å². The van der Waals surface area contributed by atoms with Crippen molar-refractivity contribution in [2.24, 2.45) is 4.99 Å². The van der Waals surface area contributed by atoms with Gasteiger partial charge in [0, 0.05) is 25.5 Å². The summed E-state index contributed by atoms with van der Waals surface area (Å²) < 4.78 is 5.44. The number of nitrogens with zero attached hydrogens (tertiary/aromatic N) is 3. The molecule has 2 heterocycles. The maximum absolute atomic E-state index is 5.44. The number of pyridine rings is 2. The monoisotopic (exact) mass is 273 g/mol. The summed E-state index contributed by atoms with van der Waals surface area (Å²) >= 11 is 1.59. The number of aliphatic imine (C=N–C) groups is 1. The van der Waals surface area contributed by atoms with Crippen molar-refractivity contribution in [1.82, 2.24) is 9.97 Å². The predicted molar refractivity (Wildman–Crippen MR) is 79.3 cm³/mol. The molecule has 0 amide bonds. The van der Waals surface area contributed by atoms with Gasteiger partial charge >= 0.3 is 0 Å². The lowest BCUT2D eigenvalue weighted by atomic mass is 10.2. The highest BCUT2D eigenvalue weighted by Gasteiger charge is 2.12. The molecule has 0 radical (unpaired) electrons. The summed E-state index contributed by atoms with van der Waals surface area (Å²) in [6.07, 6.45) is 5.48. The van der Waals surface area contributed by atoms with E-state index in [1.165, 1.54) is 0 Å². The first-order chi connectivity index (χ1) is 9.30. The Morgan fingerprint density at radius 2 is 2.16 bits per heavy atom. The summed E-state index contributed by atoms with van der Waals surface area (Å²) in [6.45, 7) is 0. The highest BCUT2D eigenvalue weighted by Crippen LogP contribution is 2.32. The molecule has 0 aliphatic carbocycles. The number of ether oxygens (including phenoxy) is 1. The lowest BCUT2D eigenvalue weighted by Crippen LogP contribution is -1.99. The average molecular weight is 273 g/mol. The minimum absolute atomic E-state index is 0.783. The van der Waals surface area contributed by atoms with Crippen LogP contribution in [0.2, 0.25) is 0 Å². The molecule has 0 aliphatic rings. The molecule has 98 valence electrons. The van der Waals surface area contributed by atoms with Crippen LogP contribution in [0, 0.1) is 0 Å². The molecule has 19 heavy (non-hydrogen) atoms. The molecule has 0 atom stereocenters. The number of thioether (sulfide) groups is 1. The molecular formula is C14H15N3OS. The van der Waals surface area contributed by atoms with Crippen molar-refractivity contribution in [2.45, 2.75) is 4.90 Å². The Morgan fingerprint density at radius 1 is 1.32 bits per heavy atom. The third-order valence-electron chi connectivity index (χ3n) is 2.57. The lowest BCUT2D eigenvalue weighted by Gasteiger charge is -2.11. The van der Waals surface area contributed by atoms with Gasteiger partial charge in [-0.15, -0.1) is 11.8 Å². The van der Waals surface area contributed by atoms with Crippen molar-refractivity contribution in [3.8, 4) is 17.1 Å². The molecule has 0 unspecified atom stereocenters. The van der Waals surface area contributed by atoms with Gasteiger partial charge in [0.1, 0.15) is 5.75 Å².